The molecule has 2 aromatic carbocycles. The van der Waals surface area contributed by atoms with E-state index in [4.69, 9.17) is 4.74 Å². The summed E-state index contributed by atoms with van der Waals surface area (Å²) < 4.78 is 18.8. The van der Waals surface area contributed by atoms with Gasteiger partial charge in [-0.05, 0) is 42.0 Å². The largest absolute Gasteiger partial charge is 0.439 e. The molecule has 0 aliphatic heterocycles. The number of nitrogens with one attached hydrogen (secondary N) is 1. The first-order valence-electron chi connectivity index (χ1n) is 8.77. The number of rotatable bonds is 6. The molecule has 28 heavy (non-hydrogen) atoms. The van der Waals surface area contributed by atoms with Gasteiger partial charge in [0.15, 0.2) is 0 Å². The Morgan fingerprint density at radius 3 is 2.32 bits per heavy atom. The molecule has 0 fully saturated rings. The lowest BCUT2D eigenvalue weighted by molar-refractivity contribution is 0.460. The number of benzene rings is 2. The van der Waals surface area contributed by atoms with Crippen molar-refractivity contribution in [2.24, 2.45) is 0 Å². The molecule has 1 atom stereocenters. The highest BCUT2D eigenvalue weighted by atomic mass is 19.1. The van der Waals surface area contributed by atoms with Crippen molar-refractivity contribution in [3.05, 3.63) is 108 Å². The van der Waals surface area contributed by atoms with Gasteiger partial charge in [-0.2, -0.15) is 4.98 Å². The molecular weight excluding hydrogens is 355 g/mol. The number of halogens is 1. The first-order valence-corrected chi connectivity index (χ1v) is 8.77. The van der Waals surface area contributed by atoms with Crippen LogP contribution in [0.15, 0.2) is 91.3 Å². The molecule has 0 saturated carbocycles. The molecule has 138 valence electrons. The van der Waals surface area contributed by atoms with Crippen LogP contribution in [0, 0.1) is 5.82 Å². The summed E-state index contributed by atoms with van der Waals surface area (Å²) in [4.78, 5) is 13.2. The summed E-state index contributed by atoms with van der Waals surface area (Å²) in [6.07, 6.45) is 3.36. The highest BCUT2D eigenvalue weighted by Gasteiger charge is 2.16. The molecule has 0 spiro atoms. The molecule has 0 bridgehead atoms. The molecule has 1 unspecified atom stereocenters. The average molecular weight is 372 g/mol. The van der Waals surface area contributed by atoms with Gasteiger partial charge < -0.3 is 10.1 Å². The maximum Gasteiger partial charge on any atom is 0.226 e. The summed E-state index contributed by atoms with van der Waals surface area (Å²) in [5, 5.41) is 3.32. The monoisotopic (exact) mass is 372 g/mol. The molecule has 0 radical (unpaired) electrons. The van der Waals surface area contributed by atoms with Crippen LogP contribution in [0.2, 0.25) is 0 Å². The minimum absolute atomic E-state index is 0.219. The van der Waals surface area contributed by atoms with Crippen molar-refractivity contribution in [1.82, 2.24) is 15.0 Å². The first-order chi connectivity index (χ1) is 13.8. The number of ether oxygens (including phenoxy) is 1. The Morgan fingerprint density at radius 1 is 0.786 bits per heavy atom. The van der Waals surface area contributed by atoms with Crippen LogP contribution in [0.5, 0.6) is 11.6 Å². The third-order valence-electron chi connectivity index (χ3n) is 4.06. The van der Waals surface area contributed by atoms with Crippen molar-refractivity contribution in [2.75, 3.05) is 5.32 Å². The Kier molecular flexibility index (Phi) is 5.20. The lowest BCUT2D eigenvalue weighted by Crippen LogP contribution is -2.15. The number of nitrogens with zero attached hydrogens (tertiary/aromatic N) is 3. The van der Waals surface area contributed by atoms with Crippen LogP contribution >= 0.6 is 0 Å². The molecule has 4 rings (SSSR count). The van der Waals surface area contributed by atoms with Gasteiger partial charge >= 0.3 is 0 Å². The van der Waals surface area contributed by atoms with Crippen LogP contribution in [0.25, 0.3) is 0 Å². The fraction of sp³-hybridized carbons (Fsp3) is 0.0455. The van der Waals surface area contributed by atoms with E-state index < -0.39 is 0 Å². The van der Waals surface area contributed by atoms with Gasteiger partial charge in [0.2, 0.25) is 11.8 Å². The van der Waals surface area contributed by atoms with Crippen LogP contribution in [0.3, 0.4) is 0 Å². The third kappa shape index (κ3) is 4.29. The number of aromatic nitrogens is 3. The van der Waals surface area contributed by atoms with Crippen LogP contribution in [-0.4, -0.2) is 15.0 Å². The van der Waals surface area contributed by atoms with E-state index in [1.54, 1.807) is 30.6 Å². The van der Waals surface area contributed by atoms with Crippen molar-refractivity contribution in [2.45, 2.75) is 6.04 Å². The van der Waals surface area contributed by atoms with Crippen molar-refractivity contribution in [3.8, 4) is 11.6 Å². The van der Waals surface area contributed by atoms with Crippen molar-refractivity contribution in [3.63, 3.8) is 0 Å². The molecule has 2 heterocycles. The lowest BCUT2D eigenvalue weighted by atomic mass is 10.0. The second-order valence-electron chi connectivity index (χ2n) is 6.02. The van der Waals surface area contributed by atoms with E-state index in [-0.39, 0.29) is 11.9 Å². The molecule has 1 N–H and O–H groups in total. The van der Waals surface area contributed by atoms with Crippen LogP contribution in [0.4, 0.5) is 10.3 Å². The molecule has 2 aromatic heterocycles. The second-order valence-corrected chi connectivity index (χ2v) is 6.02. The van der Waals surface area contributed by atoms with Gasteiger partial charge in [0.25, 0.3) is 0 Å². The second kappa shape index (κ2) is 8.26. The van der Waals surface area contributed by atoms with Gasteiger partial charge in [-0.15, -0.1) is 0 Å². The predicted molar refractivity (Wildman–Crippen MR) is 105 cm³/mol. The zero-order valence-electron chi connectivity index (χ0n) is 14.9. The number of anilines is 1. The third-order valence-corrected chi connectivity index (χ3v) is 4.06. The van der Waals surface area contributed by atoms with E-state index in [1.165, 1.54) is 12.1 Å². The van der Waals surface area contributed by atoms with Crippen LogP contribution in [0.1, 0.15) is 17.3 Å². The lowest BCUT2D eigenvalue weighted by Gasteiger charge is -2.19. The molecular formula is C22H17FN4O. The van der Waals surface area contributed by atoms with E-state index in [2.05, 4.69) is 20.3 Å². The molecule has 0 aliphatic rings. The smallest absolute Gasteiger partial charge is 0.226 e. The summed E-state index contributed by atoms with van der Waals surface area (Å²) in [6.45, 7) is 0. The summed E-state index contributed by atoms with van der Waals surface area (Å²) in [5.74, 6) is 0.935. The summed E-state index contributed by atoms with van der Waals surface area (Å²) in [7, 11) is 0. The molecule has 0 aliphatic carbocycles. The fourth-order valence-electron chi connectivity index (χ4n) is 2.74. The number of pyridine rings is 1. The quantitative estimate of drug-likeness (QED) is 0.516. The highest BCUT2D eigenvalue weighted by molar-refractivity contribution is 5.39. The Balaban J connectivity index is 1.59. The molecule has 5 nitrogen and oxygen atoms in total. The molecule has 4 aromatic rings. The SMILES string of the molecule is Fc1ccc(Oc2ccnc(NC(c3ccccc3)c3ccccn3)n2)cc1. The van der Waals surface area contributed by atoms with Gasteiger partial charge in [0.05, 0.1) is 11.7 Å². The van der Waals surface area contributed by atoms with E-state index in [1.807, 2.05) is 48.5 Å². The van der Waals surface area contributed by atoms with Gasteiger partial charge in [-0.1, -0.05) is 36.4 Å². The molecule has 0 amide bonds. The minimum atomic E-state index is -0.321. The predicted octanol–water partition coefficient (Wildman–Crippen LogP) is 5.00. The molecule has 0 saturated heterocycles. The minimum Gasteiger partial charge on any atom is -0.439 e. The normalized spacial score (nSPS) is 11.6. The number of hydrogen-bond donors (Lipinski definition) is 1. The average Bonchev–Trinajstić information content (AvgIpc) is 2.75. The zero-order valence-corrected chi connectivity index (χ0v) is 14.9. The number of hydrogen-bond acceptors (Lipinski definition) is 5. The van der Waals surface area contributed by atoms with E-state index in [0.29, 0.717) is 17.6 Å². The maximum absolute atomic E-state index is 13.1. The molecule has 6 heteroatoms. The highest BCUT2D eigenvalue weighted by Crippen LogP contribution is 2.25. The van der Waals surface area contributed by atoms with Gasteiger partial charge in [0.1, 0.15) is 11.6 Å². The van der Waals surface area contributed by atoms with Gasteiger partial charge in [0, 0.05) is 18.5 Å². The topological polar surface area (TPSA) is 59.9 Å². The van der Waals surface area contributed by atoms with Crippen molar-refractivity contribution >= 4 is 5.95 Å². The van der Waals surface area contributed by atoms with Crippen molar-refractivity contribution < 1.29 is 9.13 Å². The van der Waals surface area contributed by atoms with Gasteiger partial charge in [-0.3, -0.25) is 4.98 Å². The Hall–Kier alpha value is -3.80. The van der Waals surface area contributed by atoms with E-state index in [0.717, 1.165) is 11.3 Å². The van der Waals surface area contributed by atoms with Crippen LogP contribution in [-0.2, 0) is 0 Å². The Labute approximate surface area is 161 Å². The first kappa shape index (κ1) is 17.6. The zero-order chi connectivity index (χ0) is 19.2. The Morgan fingerprint density at radius 2 is 1.57 bits per heavy atom. The fourth-order valence-corrected chi connectivity index (χ4v) is 2.74. The van der Waals surface area contributed by atoms with E-state index >= 15 is 0 Å². The van der Waals surface area contributed by atoms with Crippen LogP contribution < -0.4 is 10.1 Å². The van der Waals surface area contributed by atoms with Gasteiger partial charge in [-0.25, -0.2) is 9.37 Å². The van der Waals surface area contributed by atoms with E-state index in [9.17, 15) is 4.39 Å². The standard InChI is InChI=1S/C22H17FN4O/c23-17-9-11-18(12-10-17)28-20-13-15-25-22(26-20)27-21(16-6-2-1-3-7-16)19-8-4-5-14-24-19/h1-15,21H,(H,25,26,27). The summed E-state index contributed by atoms with van der Waals surface area (Å²) in [5.41, 5.74) is 1.89. The Bertz CT molecular complexity index is 988. The maximum atomic E-state index is 13.1. The summed E-state index contributed by atoms with van der Waals surface area (Å²) in [6, 6.07) is 22.9. The van der Waals surface area contributed by atoms with Crippen molar-refractivity contribution in [1.29, 1.82) is 0 Å². The summed E-state index contributed by atoms with van der Waals surface area (Å²) >= 11 is 0.